The number of nitriles is 3. The molecule has 0 radical (unpaired) electrons. The van der Waals surface area contributed by atoms with Gasteiger partial charge in [0.1, 0.15) is 42.3 Å². The lowest BCUT2D eigenvalue weighted by Gasteiger charge is -2.10. The highest BCUT2D eigenvalue weighted by Crippen LogP contribution is 2.24. The Labute approximate surface area is 126 Å². The Hall–Kier alpha value is -3.83. The molecule has 0 bridgehead atoms. The molecule has 1 aromatic heterocycles. The SMILES string of the molecule is COc1cc(NC(C#N)=C(C#N)C#N)cc(-n2cncn2)c1. The van der Waals surface area contributed by atoms with Crippen LogP contribution in [0, 0.1) is 34.0 Å². The molecule has 106 valence electrons. The quantitative estimate of drug-likeness (QED) is 0.846. The van der Waals surface area contributed by atoms with Crippen molar-refractivity contribution in [2.24, 2.45) is 0 Å². The van der Waals surface area contributed by atoms with Crippen molar-refractivity contribution >= 4 is 5.69 Å². The molecular weight excluding hydrogens is 282 g/mol. The van der Waals surface area contributed by atoms with Crippen molar-refractivity contribution in [2.45, 2.75) is 0 Å². The zero-order valence-corrected chi connectivity index (χ0v) is 11.5. The number of ether oxygens (including phenoxy) is 1. The Balaban J connectivity index is 2.47. The van der Waals surface area contributed by atoms with Gasteiger partial charge in [-0.05, 0) is 6.07 Å². The van der Waals surface area contributed by atoms with E-state index in [1.54, 1.807) is 36.4 Å². The molecule has 0 fully saturated rings. The molecule has 2 aromatic rings. The Morgan fingerprint density at radius 3 is 2.50 bits per heavy atom. The Morgan fingerprint density at radius 2 is 1.95 bits per heavy atom. The van der Waals surface area contributed by atoms with Gasteiger partial charge >= 0.3 is 0 Å². The van der Waals surface area contributed by atoms with Crippen molar-refractivity contribution < 1.29 is 4.74 Å². The van der Waals surface area contributed by atoms with Gasteiger partial charge in [-0.15, -0.1) is 0 Å². The van der Waals surface area contributed by atoms with E-state index in [1.807, 2.05) is 0 Å². The van der Waals surface area contributed by atoms with Gasteiger partial charge in [-0.3, -0.25) is 0 Å². The van der Waals surface area contributed by atoms with Gasteiger partial charge in [0, 0.05) is 17.8 Å². The summed E-state index contributed by atoms with van der Waals surface area (Å²) in [5.41, 5.74) is 0.687. The van der Waals surface area contributed by atoms with E-state index in [-0.39, 0.29) is 11.3 Å². The van der Waals surface area contributed by atoms with Crippen LogP contribution in [0.5, 0.6) is 5.75 Å². The molecule has 0 saturated carbocycles. The second-order valence-electron chi connectivity index (χ2n) is 3.97. The van der Waals surface area contributed by atoms with E-state index < -0.39 is 0 Å². The average molecular weight is 291 g/mol. The Bertz CT molecular complexity index is 816. The largest absolute Gasteiger partial charge is 0.497 e. The van der Waals surface area contributed by atoms with Gasteiger partial charge in [-0.2, -0.15) is 20.9 Å². The van der Waals surface area contributed by atoms with Gasteiger partial charge in [0.05, 0.1) is 12.8 Å². The summed E-state index contributed by atoms with van der Waals surface area (Å²) in [5.74, 6) is 0.517. The van der Waals surface area contributed by atoms with Crippen LogP contribution in [-0.4, -0.2) is 21.9 Å². The van der Waals surface area contributed by atoms with Crippen LogP contribution >= 0.6 is 0 Å². The Morgan fingerprint density at radius 1 is 1.18 bits per heavy atom. The Kier molecular flexibility index (Phi) is 4.34. The number of nitrogens with zero attached hydrogens (tertiary/aromatic N) is 6. The summed E-state index contributed by atoms with van der Waals surface area (Å²) in [6.45, 7) is 0. The third kappa shape index (κ3) is 3.01. The number of methoxy groups -OCH3 is 1. The normalized spacial score (nSPS) is 9.00. The molecule has 22 heavy (non-hydrogen) atoms. The maximum Gasteiger partial charge on any atom is 0.163 e. The molecular formula is C14H9N7O. The third-order valence-electron chi connectivity index (χ3n) is 2.67. The number of aromatic nitrogens is 3. The van der Waals surface area contributed by atoms with Crippen molar-refractivity contribution in [3.63, 3.8) is 0 Å². The highest BCUT2D eigenvalue weighted by molar-refractivity contribution is 5.63. The summed E-state index contributed by atoms with van der Waals surface area (Å²) >= 11 is 0. The maximum atomic E-state index is 9.07. The van der Waals surface area contributed by atoms with Crippen LogP contribution in [-0.2, 0) is 0 Å². The van der Waals surface area contributed by atoms with Gasteiger partial charge in [0.25, 0.3) is 0 Å². The number of anilines is 1. The maximum absolute atomic E-state index is 9.07. The summed E-state index contributed by atoms with van der Waals surface area (Å²) < 4.78 is 6.70. The van der Waals surface area contributed by atoms with Crippen LogP contribution in [0.3, 0.4) is 0 Å². The highest BCUT2D eigenvalue weighted by Gasteiger charge is 2.09. The van der Waals surface area contributed by atoms with E-state index in [0.29, 0.717) is 17.1 Å². The average Bonchev–Trinajstić information content (AvgIpc) is 3.09. The molecule has 0 spiro atoms. The smallest absolute Gasteiger partial charge is 0.163 e. The standard InChI is InChI=1S/C14H9N7O/c1-22-13-3-11(20-14(7-17)10(5-15)6-16)2-12(4-13)21-9-18-8-19-21/h2-4,8-9,20H,1H3. The molecule has 0 amide bonds. The number of allylic oxidation sites excluding steroid dienone is 2. The van der Waals surface area contributed by atoms with Crippen molar-refractivity contribution in [2.75, 3.05) is 12.4 Å². The lowest BCUT2D eigenvalue weighted by atomic mass is 10.2. The summed E-state index contributed by atoms with van der Waals surface area (Å²) in [6, 6.07) is 10.2. The molecule has 8 heteroatoms. The van der Waals surface area contributed by atoms with E-state index in [4.69, 9.17) is 20.5 Å². The molecule has 0 unspecified atom stereocenters. The highest BCUT2D eigenvalue weighted by atomic mass is 16.5. The van der Waals surface area contributed by atoms with Crippen LogP contribution in [0.4, 0.5) is 5.69 Å². The predicted molar refractivity (Wildman–Crippen MR) is 75.4 cm³/mol. The van der Waals surface area contributed by atoms with Crippen LogP contribution in [0.15, 0.2) is 42.1 Å². The van der Waals surface area contributed by atoms with Gasteiger partial charge in [0.2, 0.25) is 0 Å². The van der Waals surface area contributed by atoms with E-state index in [2.05, 4.69) is 15.4 Å². The summed E-state index contributed by atoms with van der Waals surface area (Å²) in [7, 11) is 1.50. The number of hydrogen-bond acceptors (Lipinski definition) is 7. The first-order valence-corrected chi connectivity index (χ1v) is 5.97. The van der Waals surface area contributed by atoms with Crippen molar-refractivity contribution in [1.82, 2.24) is 14.8 Å². The molecule has 1 aromatic carbocycles. The second-order valence-corrected chi connectivity index (χ2v) is 3.97. The van der Waals surface area contributed by atoms with E-state index in [9.17, 15) is 0 Å². The zero-order chi connectivity index (χ0) is 15.9. The van der Waals surface area contributed by atoms with Crippen LogP contribution in [0.25, 0.3) is 5.69 Å². The fraction of sp³-hybridized carbons (Fsp3) is 0.0714. The van der Waals surface area contributed by atoms with E-state index in [0.717, 1.165) is 0 Å². The molecule has 1 heterocycles. The third-order valence-corrected chi connectivity index (χ3v) is 2.67. The molecule has 0 atom stereocenters. The van der Waals surface area contributed by atoms with Crippen LogP contribution in [0.1, 0.15) is 0 Å². The second kappa shape index (κ2) is 6.56. The molecule has 0 aliphatic carbocycles. The molecule has 0 saturated heterocycles. The zero-order valence-electron chi connectivity index (χ0n) is 11.5. The first-order chi connectivity index (χ1) is 10.7. The molecule has 8 nitrogen and oxygen atoms in total. The van der Waals surface area contributed by atoms with E-state index in [1.165, 1.54) is 24.4 Å². The lowest BCUT2D eigenvalue weighted by Crippen LogP contribution is -2.03. The summed E-state index contributed by atoms with van der Waals surface area (Å²) in [6.07, 6.45) is 2.90. The summed E-state index contributed by atoms with van der Waals surface area (Å²) in [5, 5.41) is 33.5. The fourth-order valence-electron chi connectivity index (χ4n) is 1.67. The van der Waals surface area contributed by atoms with Crippen molar-refractivity contribution in [1.29, 1.82) is 15.8 Å². The molecule has 2 rings (SSSR count). The minimum Gasteiger partial charge on any atom is -0.497 e. The number of rotatable bonds is 4. The monoisotopic (exact) mass is 291 g/mol. The number of benzene rings is 1. The minimum atomic E-state index is -0.298. The molecule has 1 N–H and O–H groups in total. The number of nitrogens with one attached hydrogen (secondary N) is 1. The predicted octanol–water partition coefficient (Wildman–Crippen LogP) is 1.51. The van der Waals surface area contributed by atoms with E-state index >= 15 is 0 Å². The number of hydrogen-bond donors (Lipinski definition) is 1. The molecule has 0 aliphatic rings. The first-order valence-electron chi connectivity index (χ1n) is 5.97. The minimum absolute atomic E-state index is 0.136. The van der Waals surface area contributed by atoms with Crippen LogP contribution in [0.2, 0.25) is 0 Å². The van der Waals surface area contributed by atoms with Gasteiger partial charge in [0.15, 0.2) is 5.57 Å². The van der Waals surface area contributed by atoms with Gasteiger partial charge in [-0.25, -0.2) is 9.67 Å². The first kappa shape index (κ1) is 14.6. The summed E-state index contributed by atoms with van der Waals surface area (Å²) in [4.78, 5) is 3.86. The van der Waals surface area contributed by atoms with Crippen molar-refractivity contribution in [3.8, 4) is 29.6 Å². The van der Waals surface area contributed by atoms with Gasteiger partial charge < -0.3 is 10.1 Å². The topological polar surface area (TPSA) is 123 Å². The van der Waals surface area contributed by atoms with Gasteiger partial charge in [-0.1, -0.05) is 0 Å². The van der Waals surface area contributed by atoms with Crippen molar-refractivity contribution in [3.05, 3.63) is 42.1 Å². The lowest BCUT2D eigenvalue weighted by molar-refractivity contribution is 0.414. The fourth-order valence-corrected chi connectivity index (χ4v) is 1.67. The molecule has 0 aliphatic heterocycles. The van der Waals surface area contributed by atoms with Crippen LogP contribution < -0.4 is 10.1 Å².